The van der Waals surface area contributed by atoms with E-state index in [0.717, 1.165) is 7.11 Å². The molecule has 0 aliphatic carbocycles. The normalized spacial score (nSPS) is 20.2. The Bertz CT molecular complexity index is 409. The van der Waals surface area contributed by atoms with Crippen molar-refractivity contribution in [1.29, 1.82) is 0 Å². The summed E-state index contributed by atoms with van der Waals surface area (Å²) in [6, 6.07) is 0. The van der Waals surface area contributed by atoms with Crippen LogP contribution in [0.1, 0.15) is 13.8 Å². The van der Waals surface area contributed by atoms with E-state index < -0.39 is 47.0 Å². The lowest BCUT2D eigenvalue weighted by atomic mass is 9.91. The molecule has 1 aliphatic heterocycles. The second-order valence-electron chi connectivity index (χ2n) is 4.36. The molecule has 0 N–H and O–H groups in total. The molecule has 0 aromatic heterocycles. The van der Waals surface area contributed by atoms with Crippen molar-refractivity contribution in [2.45, 2.75) is 19.6 Å². The molecule has 106 valence electrons. The summed E-state index contributed by atoms with van der Waals surface area (Å²) in [6.45, 7) is 1.74. The van der Waals surface area contributed by atoms with Crippen molar-refractivity contribution in [3.05, 3.63) is 10.1 Å². The maximum atomic E-state index is 11.7. The monoisotopic (exact) mass is 275 g/mol. The van der Waals surface area contributed by atoms with E-state index in [1.54, 1.807) is 0 Å². The van der Waals surface area contributed by atoms with Crippen molar-refractivity contribution in [3.63, 3.8) is 0 Å². The number of rotatable bonds is 4. The highest BCUT2D eigenvalue weighted by Gasteiger charge is 2.51. The minimum Gasteiger partial charge on any atom is -0.469 e. The predicted octanol–water partition coefficient (Wildman–Crippen LogP) is -0.495. The third-order valence-corrected chi connectivity index (χ3v) is 2.45. The van der Waals surface area contributed by atoms with Crippen LogP contribution in [0, 0.1) is 22.0 Å². The Balaban J connectivity index is 3.02. The molecule has 0 aromatic carbocycles. The van der Waals surface area contributed by atoms with E-state index in [2.05, 4.69) is 4.74 Å². The maximum absolute atomic E-state index is 11.7. The van der Waals surface area contributed by atoms with Gasteiger partial charge in [-0.05, 0) is 0 Å². The van der Waals surface area contributed by atoms with Gasteiger partial charge in [-0.15, -0.1) is 0 Å². The van der Waals surface area contributed by atoms with E-state index in [-0.39, 0.29) is 0 Å². The van der Waals surface area contributed by atoms with Gasteiger partial charge in [0.05, 0.1) is 7.11 Å². The number of carbonyl (C=O) groups excluding carboxylic acids is 3. The molecule has 1 saturated heterocycles. The Kier molecular flexibility index (Phi) is 4.07. The van der Waals surface area contributed by atoms with Crippen LogP contribution >= 0.6 is 0 Å². The molecule has 1 fully saturated rings. The van der Waals surface area contributed by atoms with Crippen molar-refractivity contribution in [3.8, 4) is 0 Å². The number of ether oxygens (including phenoxy) is 3. The van der Waals surface area contributed by atoms with Crippen LogP contribution in [0.5, 0.6) is 0 Å². The van der Waals surface area contributed by atoms with Crippen molar-refractivity contribution in [2.24, 2.45) is 11.8 Å². The Morgan fingerprint density at radius 1 is 1.42 bits per heavy atom. The first-order valence-corrected chi connectivity index (χ1v) is 5.33. The van der Waals surface area contributed by atoms with Gasteiger partial charge in [-0.2, -0.15) is 0 Å². The van der Waals surface area contributed by atoms with Crippen LogP contribution < -0.4 is 0 Å². The number of esters is 3. The maximum Gasteiger partial charge on any atom is 0.324 e. The minimum atomic E-state index is -1.69. The summed E-state index contributed by atoms with van der Waals surface area (Å²) < 4.78 is 14.0. The van der Waals surface area contributed by atoms with Crippen LogP contribution in [0.4, 0.5) is 0 Å². The first-order chi connectivity index (χ1) is 8.68. The summed E-state index contributed by atoms with van der Waals surface area (Å²) >= 11 is 0. The molecular weight excluding hydrogens is 262 g/mol. The first kappa shape index (κ1) is 14.9. The fourth-order valence-electron chi connectivity index (χ4n) is 1.69. The Morgan fingerprint density at radius 2 is 1.89 bits per heavy atom. The summed E-state index contributed by atoms with van der Waals surface area (Å²) in [4.78, 5) is 44.6. The molecule has 1 aliphatic rings. The van der Waals surface area contributed by atoms with Crippen molar-refractivity contribution in [2.75, 3.05) is 13.7 Å². The third kappa shape index (κ3) is 3.39. The molecule has 0 saturated carbocycles. The van der Waals surface area contributed by atoms with Crippen LogP contribution in [0.2, 0.25) is 0 Å². The van der Waals surface area contributed by atoms with Gasteiger partial charge in [-0.3, -0.25) is 24.5 Å². The Morgan fingerprint density at radius 3 is 2.26 bits per heavy atom. The van der Waals surface area contributed by atoms with Crippen LogP contribution in [0.3, 0.4) is 0 Å². The summed E-state index contributed by atoms with van der Waals surface area (Å²) in [5.74, 6) is -7.85. The van der Waals surface area contributed by atoms with E-state index in [4.69, 9.17) is 9.47 Å². The number of cyclic esters (lactones) is 2. The number of hydrogen-bond donors (Lipinski definition) is 0. The number of hydrogen-bond acceptors (Lipinski definition) is 8. The third-order valence-electron chi connectivity index (χ3n) is 2.45. The second kappa shape index (κ2) is 5.21. The molecule has 1 heterocycles. The molecule has 0 radical (unpaired) electrons. The number of nitrogens with zero attached hydrogens (tertiary/aromatic N) is 1. The molecule has 0 aromatic rings. The molecule has 9 heteroatoms. The van der Waals surface area contributed by atoms with Crippen LogP contribution in [0.15, 0.2) is 0 Å². The number of methoxy groups -OCH3 is 1. The van der Waals surface area contributed by atoms with Gasteiger partial charge in [-0.25, -0.2) is 0 Å². The van der Waals surface area contributed by atoms with Gasteiger partial charge in [0.15, 0.2) is 5.92 Å². The van der Waals surface area contributed by atoms with Crippen molar-refractivity contribution in [1.82, 2.24) is 0 Å². The van der Waals surface area contributed by atoms with E-state index in [1.807, 2.05) is 0 Å². The minimum absolute atomic E-state index is 0.818. The molecule has 0 amide bonds. The van der Waals surface area contributed by atoms with Gasteiger partial charge >= 0.3 is 17.9 Å². The predicted molar refractivity (Wildman–Crippen MR) is 57.1 cm³/mol. The SMILES string of the molecule is COC(=O)C(C[N+](=O)[O-])C1C(=O)OC(C)(C)OC1=O. The highest BCUT2D eigenvalue weighted by molar-refractivity contribution is 6.00. The number of carbonyl (C=O) groups is 3. The van der Waals surface area contributed by atoms with Crippen molar-refractivity contribution >= 4 is 17.9 Å². The quantitative estimate of drug-likeness (QED) is 0.291. The zero-order valence-corrected chi connectivity index (χ0v) is 10.6. The topological polar surface area (TPSA) is 122 Å². The second-order valence-corrected chi connectivity index (χ2v) is 4.36. The van der Waals surface area contributed by atoms with Crippen LogP contribution in [-0.4, -0.2) is 42.3 Å². The summed E-state index contributed by atoms with van der Waals surface area (Å²) in [5, 5.41) is 10.5. The molecule has 1 unspecified atom stereocenters. The van der Waals surface area contributed by atoms with Gasteiger partial charge in [0, 0.05) is 18.8 Å². The number of nitro groups is 1. The lowest BCUT2D eigenvalue weighted by Crippen LogP contribution is -2.51. The summed E-state index contributed by atoms with van der Waals surface area (Å²) in [6.07, 6.45) is 0. The smallest absolute Gasteiger partial charge is 0.324 e. The summed E-state index contributed by atoms with van der Waals surface area (Å²) in [7, 11) is 0.999. The van der Waals surface area contributed by atoms with Gasteiger partial charge in [0.25, 0.3) is 5.79 Å². The summed E-state index contributed by atoms with van der Waals surface area (Å²) in [5.41, 5.74) is 0. The Labute approximate surface area is 107 Å². The fraction of sp³-hybridized carbons (Fsp3) is 0.700. The Hall–Kier alpha value is -2.19. The molecule has 19 heavy (non-hydrogen) atoms. The highest BCUT2D eigenvalue weighted by Crippen LogP contribution is 2.28. The first-order valence-electron chi connectivity index (χ1n) is 5.33. The molecule has 1 atom stereocenters. The van der Waals surface area contributed by atoms with Crippen molar-refractivity contribution < 1.29 is 33.5 Å². The van der Waals surface area contributed by atoms with E-state index in [9.17, 15) is 24.5 Å². The lowest BCUT2D eigenvalue weighted by Gasteiger charge is -2.34. The lowest BCUT2D eigenvalue weighted by molar-refractivity contribution is -0.487. The average Bonchev–Trinajstić information content (AvgIpc) is 2.23. The molecule has 0 spiro atoms. The van der Waals surface area contributed by atoms with E-state index in [0.29, 0.717) is 0 Å². The molecular formula is C10H13NO8. The average molecular weight is 275 g/mol. The standard InChI is InChI=1S/C10H13NO8/c1-10(2)18-8(13)6(9(14)19-10)5(4-11(15)16)7(12)17-3/h5-6H,4H2,1-3H3. The van der Waals surface area contributed by atoms with Gasteiger partial charge < -0.3 is 14.2 Å². The zero-order chi connectivity index (χ0) is 14.8. The van der Waals surface area contributed by atoms with Crippen LogP contribution in [-0.2, 0) is 28.6 Å². The van der Waals surface area contributed by atoms with Gasteiger partial charge in [-0.1, -0.05) is 0 Å². The molecule has 0 bridgehead atoms. The highest BCUT2D eigenvalue weighted by atomic mass is 16.7. The fourth-order valence-corrected chi connectivity index (χ4v) is 1.69. The van der Waals surface area contributed by atoms with Crippen LogP contribution in [0.25, 0.3) is 0 Å². The molecule has 1 rings (SSSR count). The van der Waals surface area contributed by atoms with Gasteiger partial charge in [0.1, 0.15) is 5.92 Å². The van der Waals surface area contributed by atoms with Gasteiger partial charge in [0.2, 0.25) is 6.54 Å². The van der Waals surface area contributed by atoms with E-state index in [1.165, 1.54) is 13.8 Å². The largest absolute Gasteiger partial charge is 0.469 e. The molecule has 9 nitrogen and oxygen atoms in total. The van der Waals surface area contributed by atoms with E-state index >= 15 is 0 Å². The zero-order valence-electron chi connectivity index (χ0n) is 10.6.